The zero-order valence-corrected chi connectivity index (χ0v) is 9.84. The van der Waals surface area contributed by atoms with Crippen molar-refractivity contribution in [3.8, 4) is 0 Å². The number of rotatable bonds is 3. The van der Waals surface area contributed by atoms with E-state index >= 15 is 0 Å². The largest absolute Gasteiger partial charge is 0.0820 e. The lowest BCUT2D eigenvalue weighted by Gasteiger charge is -2.24. The molecule has 0 spiro atoms. The molecule has 0 aromatic heterocycles. The zero-order chi connectivity index (χ0) is 8.31. The maximum atomic E-state index is 2.57. The van der Waals surface area contributed by atoms with Crippen LogP contribution in [0.25, 0.3) is 0 Å². The van der Waals surface area contributed by atoms with Gasteiger partial charge < -0.3 is 0 Å². The quantitative estimate of drug-likeness (QED) is 0.531. The van der Waals surface area contributed by atoms with Crippen molar-refractivity contribution in [1.82, 2.24) is 0 Å². The van der Waals surface area contributed by atoms with Crippen LogP contribution in [0, 0.1) is 17.8 Å². The first-order chi connectivity index (χ1) is 4.46. The van der Waals surface area contributed by atoms with Crippen LogP contribution in [-0.4, -0.2) is 3.92 Å². The van der Waals surface area contributed by atoms with Crippen molar-refractivity contribution in [1.29, 1.82) is 0 Å². The van der Waals surface area contributed by atoms with Gasteiger partial charge in [0.25, 0.3) is 0 Å². The summed E-state index contributed by atoms with van der Waals surface area (Å²) in [7, 11) is 0. The van der Waals surface area contributed by atoms with Crippen LogP contribution in [0.5, 0.6) is 0 Å². The standard InChI is InChI=1S/C9H19I/c1-6(2)8(5)9(10)7(3)4/h6-9H,1-5H3. The van der Waals surface area contributed by atoms with Gasteiger partial charge in [0.15, 0.2) is 0 Å². The Morgan fingerprint density at radius 1 is 0.800 bits per heavy atom. The van der Waals surface area contributed by atoms with E-state index in [1.54, 1.807) is 0 Å². The molecule has 10 heavy (non-hydrogen) atoms. The fourth-order valence-corrected chi connectivity index (χ4v) is 1.81. The smallest absolute Gasteiger partial charge is 0.0161 e. The summed E-state index contributed by atoms with van der Waals surface area (Å²) in [5.41, 5.74) is 0. The second-order valence-electron chi connectivity index (χ2n) is 3.79. The highest BCUT2D eigenvalue weighted by molar-refractivity contribution is 14.1. The summed E-state index contributed by atoms with van der Waals surface area (Å²) in [5.74, 6) is 2.49. The van der Waals surface area contributed by atoms with Crippen molar-refractivity contribution in [3.05, 3.63) is 0 Å². The third-order valence-electron chi connectivity index (χ3n) is 2.19. The highest BCUT2D eigenvalue weighted by Gasteiger charge is 2.19. The molecule has 0 N–H and O–H groups in total. The van der Waals surface area contributed by atoms with Gasteiger partial charge in [0.2, 0.25) is 0 Å². The molecule has 0 aliphatic rings. The summed E-state index contributed by atoms with van der Waals surface area (Å²) in [4.78, 5) is 0. The molecule has 0 rings (SSSR count). The maximum Gasteiger partial charge on any atom is 0.0161 e. The maximum absolute atomic E-state index is 2.57. The van der Waals surface area contributed by atoms with E-state index < -0.39 is 0 Å². The highest BCUT2D eigenvalue weighted by atomic mass is 127. The molecule has 0 fully saturated rings. The van der Waals surface area contributed by atoms with Crippen LogP contribution in [0.2, 0.25) is 0 Å². The Morgan fingerprint density at radius 3 is 1.30 bits per heavy atom. The average Bonchev–Trinajstić information content (AvgIpc) is 1.84. The SMILES string of the molecule is CC(C)C(C)C(I)C(C)C. The summed E-state index contributed by atoms with van der Waals surface area (Å²) in [6.07, 6.45) is 0. The Bertz CT molecular complexity index is 74.7. The second kappa shape index (κ2) is 4.58. The predicted molar refractivity (Wildman–Crippen MR) is 56.6 cm³/mol. The van der Waals surface area contributed by atoms with Crippen LogP contribution in [-0.2, 0) is 0 Å². The predicted octanol–water partition coefficient (Wildman–Crippen LogP) is 3.74. The van der Waals surface area contributed by atoms with Gasteiger partial charge in [0.05, 0.1) is 0 Å². The molecule has 0 aromatic rings. The molecule has 0 aromatic carbocycles. The molecule has 0 saturated heterocycles. The third-order valence-corrected chi connectivity index (χ3v) is 4.76. The minimum atomic E-state index is 0.818. The van der Waals surface area contributed by atoms with Crippen LogP contribution >= 0.6 is 22.6 Å². The van der Waals surface area contributed by atoms with Crippen molar-refractivity contribution < 1.29 is 0 Å². The van der Waals surface area contributed by atoms with Gasteiger partial charge in [-0.05, 0) is 17.8 Å². The van der Waals surface area contributed by atoms with Gasteiger partial charge in [0.1, 0.15) is 0 Å². The van der Waals surface area contributed by atoms with Gasteiger partial charge in [-0.25, -0.2) is 0 Å². The minimum absolute atomic E-state index is 0.818. The Balaban J connectivity index is 3.81. The lowest BCUT2D eigenvalue weighted by Crippen LogP contribution is -2.21. The van der Waals surface area contributed by atoms with Crippen LogP contribution in [0.3, 0.4) is 0 Å². The van der Waals surface area contributed by atoms with E-state index in [1.165, 1.54) is 0 Å². The monoisotopic (exact) mass is 254 g/mol. The van der Waals surface area contributed by atoms with Crippen molar-refractivity contribution in [2.75, 3.05) is 0 Å². The van der Waals surface area contributed by atoms with Gasteiger partial charge in [-0.2, -0.15) is 0 Å². The van der Waals surface area contributed by atoms with Gasteiger partial charge in [-0.15, -0.1) is 0 Å². The Kier molecular flexibility index (Phi) is 4.91. The van der Waals surface area contributed by atoms with Crippen LogP contribution < -0.4 is 0 Å². The molecular formula is C9H19I. The van der Waals surface area contributed by atoms with Crippen LogP contribution in [0.4, 0.5) is 0 Å². The molecule has 2 unspecified atom stereocenters. The summed E-state index contributed by atoms with van der Waals surface area (Å²) >= 11 is 2.57. The molecule has 0 amide bonds. The van der Waals surface area contributed by atoms with E-state index in [2.05, 4.69) is 57.2 Å². The van der Waals surface area contributed by atoms with E-state index in [-0.39, 0.29) is 0 Å². The fraction of sp³-hybridized carbons (Fsp3) is 1.00. The van der Waals surface area contributed by atoms with Gasteiger partial charge in [0, 0.05) is 3.92 Å². The summed E-state index contributed by atoms with van der Waals surface area (Å²) in [5, 5.41) is 0. The first-order valence-electron chi connectivity index (χ1n) is 4.10. The lowest BCUT2D eigenvalue weighted by atomic mass is 9.89. The van der Waals surface area contributed by atoms with Crippen molar-refractivity contribution >= 4 is 22.6 Å². The summed E-state index contributed by atoms with van der Waals surface area (Å²) in [6, 6.07) is 0. The van der Waals surface area contributed by atoms with Crippen molar-refractivity contribution in [3.63, 3.8) is 0 Å². The van der Waals surface area contributed by atoms with E-state index in [9.17, 15) is 0 Å². The first kappa shape index (κ1) is 10.7. The summed E-state index contributed by atoms with van der Waals surface area (Å²) < 4.78 is 0.831. The molecule has 0 radical (unpaired) electrons. The normalized spacial score (nSPS) is 18.0. The third kappa shape index (κ3) is 3.22. The summed E-state index contributed by atoms with van der Waals surface area (Å²) in [6.45, 7) is 11.6. The van der Waals surface area contributed by atoms with Gasteiger partial charge in [-0.1, -0.05) is 57.2 Å². The van der Waals surface area contributed by atoms with Crippen molar-refractivity contribution in [2.45, 2.75) is 38.5 Å². The molecule has 0 heterocycles. The lowest BCUT2D eigenvalue weighted by molar-refractivity contribution is 0.368. The molecule has 0 saturated carbocycles. The van der Waals surface area contributed by atoms with E-state index in [1.807, 2.05) is 0 Å². The van der Waals surface area contributed by atoms with Crippen LogP contribution in [0.1, 0.15) is 34.6 Å². The van der Waals surface area contributed by atoms with E-state index in [0.29, 0.717) is 0 Å². The zero-order valence-electron chi connectivity index (χ0n) is 7.69. The Morgan fingerprint density at radius 2 is 1.20 bits per heavy atom. The van der Waals surface area contributed by atoms with Gasteiger partial charge in [-0.3, -0.25) is 0 Å². The molecule has 62 valence electrons. The fourth-order valence-electron chi connectivity index (χ4n) is 0.975. The number of halogens is 1. The van der Waals surface area contributed by atoms with Crippen molar-refractivity contribution in [2.24, 2.45) is 17.8 Å². The molecule has 2 atom stereocenters. The molecule has 0 aliphatic heterocycles. The van der Waals surface area contributed by atoms with Gasteiger partial charge >= 0.3 is 0 Å². The molecule has 0 bridgehead atoms. The molecule has 0 nitrogen and oxygen atoms in total. The number of hydrogen-bond donors (Lipinski definition) is 0. The molecule has 1 heteroatoms. The molecular weight excluding hydrogens is 235 g/mol. The minimum Gasteiger partial charge on any atom is -0.0820 e. The topological polar surface area (TPSA) is 0 Å². The molecule has 0 aliphatic carbocycles. The average molecular weight is 254 g/mol. The van der Waals surface area contributed by atoms with E-state index in [0.717, 1.165) is 21.7 Å². The number of alkyl halides is 1. The highest BCUT2D eigenvalue weighted by Crippen LogP contribution is 2.26. The first-order valence-corrected chi connectivity index (χ1v) is 5.35. The van der Waals surface area contributed by atoms with E-state index in [4.69, 9.17) is 0 Å². The Labute approximate surface area is 78.9 Å². The second-order valence-corrected chi connectivity index (χ2v) is 5.23. The number of hydrogen-bond acceptors (Lipinski definition) is 0. The van der Waals surface area contributed by atoms with Crippen LogP contribution in [0.15, 0.2) is 0 Å². The Hall–Kier alpha value is 0.730.